The van der Waals surface area contributed by atoms with E-state index in [-0.39, 0.29) is 12.1 Å². The van der Waals surface area contributed by atoms with Crippen LogP contribution >= 0.6 is 0 Å². The van der Waals surface area contributed by atoms with Crippen LogP contribution in [0.3, 0.4) is 0 Å². The molecular formula is C27H34N6O2. The van der Waals surface area contributed by atoms with Gasteiger partial charge in [-0.05, 0) is 24.0 Å². The first-order chi connectivity index (χ1) is 17.2. The van der Waals surface area contributed by atoms with Crippen LogP contribution in [0.15, 0.2) is 72.8 Å². The van der Waals surface area contributed by atoms with Crippen LogP contribution in [0.1, 0.15) is 42.6 Å². The number of H-pyrrole nitrogens is 1. The molecule has 0 radical (unpaired) electrons. The van der Waals surface area contributed by atoms with E-state index in [2.05, 4.69) is 20.6 Å². The largest absolute Gasteiger partial charge is 0.389 e. The van der Waals surface area contributed by atoms with E-state index in [1.807, 2.05) is 82.6 Å². The Morgan fingerprint density at radius 3 is 2.43 bits per heavy atom. The van der Waals surface area contributed by atoms with Gasteiger partial charge >= 0.3 is 6.03 Å². The standard InChI is InChI=1S/C27H34N6O2/c34-25(19-22-11-5-3-6-12-22)17-16-24-21-32(20-23-13-7-4-8-14-23)27(35)33(24)18-10-2-1-9-15-26-28-30-31-29-26/h3-8,11-14,16-17,24-25,34H,1-2,9-10,15,18-21H2,(H,28,29,30,31)/t24-,25?/m0/s1. The minimum atomic E-state index is -0.581. The number of tetrazole rings is 1. The van der Waals surface area contributed by atoms with E-state index in [0.29, 0.717) is 26.1 Å². The number of amides is 2. The molecule has 1 aliphatic heterocycles. The number of hydrogen-bond acceptors (Lipinski definition) is 5. The molecule has 1 aliphatic rings. The van der Waals surface area contributed by atoms with Crippen molar-refractivity contribution in [3.8, 4) is 0 Å². The number of benzene rings is 2. The second kappa shape index (κ2) is 12.8. The molecule has 2 aromatic carbocycles. The van der Waals surface area contributed by atoms with Crippen molar-refractivity contribution >= 4 is 6.03 Å². The summed E-state index contributed by atoms with van der Waals surface area (Å²) in [6, 6.07) is 20.1. The number of aromatic nitrogens is 4. The fourth-order valence-electron chi connectivity index (χ4n) is 4.48. The second-order valence-electron chi connectivity index (χ2n) is 9.04. The fraction of sp³-hybridized carbons (Fsp3) is 0.407. The van der Waals surface area contributed by atoms with Crippen LogP contribution in [0.4, 0.5) is 4.79 Å². The summed E-state index contributed by atoms with van der Waals surface area (Å²) in [4.78, 5) is 17.1. The van der Waals surface area contributed by atoms with Gasteiger partial charge in [-0.15, -0.1) is 10.2 Å². The molecule has 2 amide bonds. The molecule has 1 saturated heterocycles. The molecule has 4 rings (SSSR count). The van der Waals surface area contributed by atoms with Crippen molar-refractivity contribution in [2.24, 2.45) is 0 Å². The molecule has 35 heavy (non-hydrogen) atoms. The van der Waals surface area contributed by atoms with Crippen molar-refractivity contribution in [3.63, 3.8) is 0 Å². The van der Waals surface area contributed by atoms with Gasteiger partial charge in [0, 0.05) is 32.5 Å². The zero-order valence-electron chi connectivity index (χ0n) is 20.0. The summed E-state index contributed by atoms with van der Waals surface area (Å²) in [6.45, 7) is 1.92. The number of unbranched alkanes of at least 4 members (excludes halogenated alkanes) is 3. The van der Waals surface area contributed by atoms with Gasteiger partial charge in [-0.25, -0.2) is 4.79 Å². The highest BCUT2D eigenvalue weighted by atomic mass is 16.3. The zero-order valence-corrected chi connectivity index (χ0v) is 20.0. The van der Waals surface area contributed by atoms with Gasteiger partial charge in [0.05, 0.1) is 12.1 Å². The van der Waals surface area contributed by atoms with E-state index in [1.165, 1.54) is 0 Å². The van der Waals surface area contributed by atoms with Crippen molar-refractivity contribution in [3.05, 3.63) is 89.8 Å². The van der Waals surface area contributed by atoms with Crippen molar-refractivity contribution in [2.45, 2.75) is 57.2 Å². The first-order valence-corrected chi connectivity index (χ1v) is 12.4. The van der Waals surface area contributed by atoms with Crippen molar-refractivity contribution in [2.75, 3.05) is 13.1 Å². The summed E-state index contributed by atoms with van der Waals surface area (Å²) in [5, 5.41) is 24.6. The predicted octanol–water partition coefficient (Wildman–Crippen LogP) is 3.77. The number of aryl methyl sites for hydroxylation is 1. The summed E-state index contributed by atoms with van der Waals surface area (Å²) in [5.74, 6) is 0.746. The Balaban J connectivity index is 1.32. The lowest BCUT2D eigenvalue weighted by Gasteiger charge is -2.21. The maximum absolute atomic E-state index is 13.3. The number of aliphatic hydroxyl groups excluding tert-OH is 1. The molecule has 0 bridgehead atoms. The van der Waals surface area contributed by atoms with E-state index in [4.69, 9.17) is 0 Å². The lowest BCUT2D eigenvalue weighted by Crippen LogP contribution is -2.35. The molecule has 3 aromatic rings. The predicted molar refractivity (Wildman–Crippen MR) is 134 cm³/mol. The van der Waals surface area contributed by atoms with Gasteiger partial charge in [-0.1, -0.05) is 90.9 Å². The Bertz CT molecular complexity index is 1040. The molecule has 1 unspecified atom stereocenters. The molecule has 1 fully saturated rings. The summed E-state index contributed by atoms with van der Waals surface area (Å²) >= 11 is 0. The SMILES string of the molecule is O=C1N(Cc2ccccc2)C[C@H](C=CC(O)Cc2ccccc2)N1CCCCCCc1nn[nH]n1. The van der Waals surface area contributed by atoms with Crippen LogP contribution in [0, 0.1) is 0 Å². The van der Waals surface area contributed by atoms with Crippen LogP contribution in [-0.4, -0.2) is 66.8 Å². The van der Waals surface area contributed by atoms with Gasteiger partial charge in [-0.3, -0.25) is 0 Å². The van der Waals surface area contributed by atoms with Gasteiger partial charge in [0.1, 0.15) is 0 Å². The fourth-order valence-corrected chi connectivity index (χ4v) is 4.48. The Kier molecular flexibility index (Phi) is 9.00. The highest BCUT2D eigenvalue weighted by molar-refractivity contribution is 5.77. The Morgan fingerprint density at radius 1 is 1.00 bits per heavy atom. The van der Waals surface area contributed by atoms with Gasteiger partial charge in [0.25, 0.3) is 0 Å². The lowest BCUT2D eigenvalue weighted by molar-refractivity contribution is 0.186. The summed E-state index contributed by atoms with van der Waals surface area (Å²) in [6.07, 6.45) is 8.68. The van der Waals surface area contributed by atoms with Crippen LogP contribution in [0.5, 0.6) is 0 Å². The number of urea groups is 1. The topological polar surface area (TPSA) is 98.2 Å². The highest BCUT2D eigenvalue weighted by Gasteiger charge is 2.35. The molecule has 1 aromatic heterocycles. The average Bonchev–Trinajstić information content (AvgIpc) is 3.50. The number of rotatable bonds is 13. The Labute approximate surface area is 206 Å². The molecule has 0 saturated carbocycles. The van der Waals surface area contributed by atoms with Crippen LogP contribution in [0.2, 0.25) is 0 Å². The van der Waals surface area contributed by atoms with E-state index in [9.17, 15) is 9.90 Å². The molecule has 184 valence electrons. The van der Waals surface area contributed by atoms with Gasteiger partial charge in [0.15, 0.2) is 5.82 Å². The molecular weight excluding hydrogens is 440 g/mol. The highest BCUT2D eigenvalue weighted by Crippen LogP contribution is 2.21. The average molecular weight is 475 g/mol. The van der Waals surface area contributed by atoms with E-state index in [0.717, 1.165) is 49.1 Å². The van der Waals surface area contributed by atoms with Crippen LogP contribution < -0.4 is 0 Å². The van der Waals surface area contributed by atoms with Crippen LogP contribution in [0.25, 0.3) is 0 Å². The first-order valence-electron chi connectivity index (χ1n) is 12.4. The molecule has 8 heteroatoms. The summed E-state index contributed by atoms with van der Waals surface area (Å²) in [5.41, 5.74) is 2.21. The monoisotopic (exact) mass is 474 g/mol. The van der Waals surface area contributed by atoms with Gasteiger partial charge in [-0.2, -0.15) is 5.21 Å². The van der Waals surface area contributed by atoms with Gasteiger partial charge < -0.3 is 14.9 Å². The van der Waals surface area contributed by atoms with E-state index >= 15 is 0 Å². The number of carbonyl (C=O) groups excluding carboxylic acids is 1. The van der Waals surface area contributed by atoms with Crippen LogP contribution in [-0.2, 0) is 19.4 Å². The van der Waals surface area contributed by atoms with Gasteiger partial charge in [0.2, 0.25) is 0 Å². The second-order valence-corrected chi connectivity index (χ2v) is 9.04. The number of aliphatic hydroxyl groups is 1. The molecule has 2 N–H and O–H groups in total. The van der Waals surface area contributed by atoms with Crippen molar-refractivity contribution in [1.29, 1.82) is 0 Å². The first kappa shape index (κ1) is 24.6. The third-order valence-corrected chi connectivity index (χ3v) is 6.32. The van der Waals surface area contributed by atoms with E-state index in [1.54, 1.807) is 0 Å². The summed E-state index contributed by atoms with van der Waals surface area (Å²) in [7, 11) is 0. The third-order valence-electron chi connectivity index (χ3n) is 6.32. The smallest absolute Gasteiger partial charge is 0.320 e. The molecule has 0 aliphatic carbocycles. The number of nitrogens with one attached hydrogen (secondary N) is 1. The maximum atomic E-state index is 13.3. The number of hydrogen-bond donors (Lipinski definition) is 2. The Morgan fingerprint density at radius 2 is 1.71 bits per heavy atom. The maximum Gasteiger partial charge on any atom is 0.320 e. The summed E-state index contributed by atoms with van der Waals surface area (Å²) < 4.78 is 0. The minimum Gasteiger partial charge on any atom is -0.389 e. The van der Waals surface area contributed by atoms with Crippen molar-refractivity contribution in [1.82, 2.24) is 30.4 Å². The zero-order chi connectivity index (χ0) is 24.3. The lowest BCUT2D eigenvalue weighted by atomic mass is 10.1. The molecule has 0 spiro atoms. The normalized spacial score (nSPS) is 16.9. The number of nitrogens with zero attached hydrogens (tertiary/aromatic N) is 5. The van der Waals surface area contributed by atoms with E-state index < -0.39 is 6.10 Å². The number of carbonyl (C=O) groups is 1. The number of aromatic amines is 1. The molecule has 2 heterocycles. The third kappa shape index (κ3) is 7.48. The quantitative estimate of drug-likeness (QED) is 0.290. The van der Waals surface area contributed by atoms with Crippen molar-refractivity contribution < 1.29 is 9.90 Å². The Hall–Kier alpha value is -3.52. The molecule has 8 nitrogen and oxygen atoms in total. The molecule has 2 atom stereocenters. The minimum absolute atomic E-state index is 0.0454.